The molecule has 0 amide bonds. The van der Waals surface area contributed by atoms with Gasteiger partial charge in [0.2, 0.25) is 0 Å². The number of rotatable bonds is 2. The van der Waals surface area contributed by atoms with Gasteiger partial charge in [-0.05, 0) is 28.1 Å². The quantitative estimate of drug-likeness (QED) is 0.491. The van der Waals surface area contributed by atoms with Gasteiger partial charge in [0, 0.05) is 10.4 Å². The Bertz CT molecular complexity index is 403. The van der Waals surface area contributed by atoms with Gasteiger partial charge < -0.3 is 5.73 Å². The van der Waals surface area contributed by atoms with Gasteiger partial charge in [0.25, 0.3) is 0 Å². The number of aliphatic imine (C=N–C) groups is 1. The molecule has 0 aliphatic heterocycles. The second-order valence-corrected chi connectivity index (χ2v) is 5.00. The summed E-state index contributed by atoms with van der Waals surface area (Å²) in [5, 5.41) is 0.865. The molecule has 0 saturated carbocycles. The summed E-state index contributed by atoms with van der Waals surface area (Å²) in [6.45, 7) is 3.93. The van der Waals surface area contributed by atoms with Gasteiger partial charge in [0.15, 0.2) is 0 Å². The van der Waals surface area contributed by atoms with Crippen LogP contribution in [0.3, 0.4) is 0 Å². The lowest BCUT2D eigenvalue weighted by molar-refractivity contribution is 0.873. The zero-order valence-electron chi connectivity index (χ0n) is 8.39. The molecule has 82 valence electrons. The van der Waals surface area contributed by atoms with Crippen molar-refractivity contribution in [2.75, 3.05) is 0 Å². The van der Waals surface area contributed by atoms with E-state index in [1.54, 1.807) is 12.1 Å². The van der Waals surface area contributed by atoms with E-state index in [2.05, 4.69) is 20.9 Å². The molecule has 0 radical (unpaired) electrons. The first-order chi connectivity index (χ1) is 6.93. The summed E-state index contributed by atoms with van der Waals surface area (Å²) in [5.74, 6) is 0.721. The summed E-state index contributed by atoms with van der Waals surface area (Å²) in [7, 11) is 0. The molecule has 2 nitrogen and oxygen atoms in total. The number of benzene rings is 1. The van der Waals surface area contributed by atoms with Gasteiger partial charge in [-0.15, -0.1) is 0 Å². The predicted octanol–water partition coefficient (Wildman–Crippen LogP) is 4.40. The highest BCUT2D eigenvalue weighted by Crippen LogP contribution is 2.37. The summed E-state index contributed by atoms with van der Waals surface area (Å²) in [5.41, 5.74) is 6.34. The van der Waals surface area contributed by atoms with E-state index >= 15 is 0 Å². The maximum absolute atomic E-state index is 6.02. The molecule has 0 bridgehead atoms. The van der Waals surface area contributed by atoms with Crippen molar-refractivity contribution in [1.82, 2.24) is 0 Å². The van der Waals surface area contributed by atoms with E-state index in [1.165, 1.54) is 0 Å². The molecule has 0 unspecified atom stereocenters. The van der Waals surface area contributed by atoms with Crippen LogP contribution in [-0.2, 0) is 0 Å². The fourth-order valence-electron chi connectivity index (χ4n) is 0.870. The average molecular weight is 310 g/mol. The number of hydrogen-bond donors (Lipinski definition) is 1. The summed E-state index contributed by atoms with van der Waals surface area (Å²) in [4.78, 5) is 4.22. The van der Waals surface area contributed by atoms with Crippen molar-refractivity contribution >= 4 is 50.7 Å². The third-order valence-corrected chi connectivity index (χ3v) is 3.62. The maximum atomic E-state index is 6.02. The predicted molar refractivity (Wildman–Crippen MR) is 70.3 cm³/mol. The third-order valence-electron chi connectivity index (χ3n) is 1.86. The van der Waals surface area contributed by atoms with E-state index in [0.717, 1.165) is 4.47 Å². The van der Waals surface area contributed by atoms with Crippen LogP contribution in [0.5, 0.6) is 0 Å². The summed E-state index contributed by atoms with van der Waals surface area (Å²) in [6.07, 6.45) is 0. The van der Waals surface area contributed by atoms with Crippen molar-refractivity contribution in [3.8, 4) is 0 Å². The molecule has 1 rings (SSSR count). The fraction of sp³-hybridized carbons (Fsp3) is 0.300. The molecule has 0 aromatic heterocycles. The zero-order valence-corrected chi connectivity index (χ0v) is 11.5. The molecule has 0 heterocycles. The van der Waals surface area contributed by atoms with E-state index in [-0.39, 0.29) is 5.92 Å². The summed E-state index contributed by atoms with van der Waals surface area (Å²) < 4.78 is 0.747. The number of amidine groups is 1. The zero-order chi connectivity index (χ0) is 11.6. The smallest absolute Gasteiger partial charge is 0.102 e. The SMILES string of the molecule is CC(C)C(N)=Nc1ccc(Br)c(Cl)c1Cl. The largest absolute Gasteiger partial charge is 0.387 e. The van der Waals surface area contributed by atoms with Crippen LogP contribution in [0.2, 0.25) is 10.0 Å². The third kappa shape index (κ3) is 3.10. The number of hydrogen-bond acceptors (Lipinski definition) is 1. The lowest BCUT2D eigenvalue weighted by Crippen LogP contribution is -2.18. The van der Waals surface area contributed by atoms with Crippen LogP contribution in [0.4, 0.5) is 5.69 Å². The first kappa shape index (κ1) is 12.8. The van der Waals surface area contributed by atoms with Crippen LogP contribution in [-0.4, -0.2) is 5.84 Å². The lowest BCUT2D eigenvalue weighted by atomic mass is 10.2. The van der Waals surface area contributed by atoms with Gasteiger partial charge in [-0.1, -0.05) is 37.0 Å². The van der Waals surface area contributed by atoms with Crippen LogP contribution in [0.25, 0.3) is 0 Å². The van der Waals surface area contributed by atoms with Crippen molar-refractivity contribution in [1.29, 1.82) is 0 Å². The van der Waals surface area contributed by atoms with Crippen LogP contribution in [0, 0.1) is 5.92 Å². The van der Waals surface area contributed by atoms with Gasteiger partial charge in [-0.25, -0.2) is 4.99 Å². The van der Waals surface area contributed by atoms with Crippen LogP contribution in [0.15, 0.2) is 21.6 Å². The Labute approximate surface area is 108 Å². The van der Waals surface area contributed by atoms with E-state index in [4.69, 9.17) is 28.9 Å². The Morgan fingerprint density at radius 2 is 1.93 bits per heavy atom. The van der Waals surface area contributed by atoms with E-state index < -0.39 is 0 Å². The van der Waals surface area contributed by atoms with Gasteiger partial charge in [-0.3, -0.25) is 0 Å². The molecule has 0 atom stereocenters. The van der Waals surface area contributed by atoms with E-state index in [9.17, 15) is 0 Å². The Morgan fingerprint density at radius 1 is 1.33 bits per heavy atom. The second-order valence-electron chi connectivity index (χ2n) is 3.39. The molecule has 0 spiro atoms. The Hall–Kier alpha value is -0.250. The highest BCUT2D eigenvalue weighted by atomic mass is 79.9. The molecular formula is C10H11BrCl2N2. The normalized spacial score (nSPS) is 12.3. The fourth-order valence-corrected chi connectivity index (χ4v) is 1.68. The topological polar surface area (TPSA) is 38.4 Å². The highest BCUT2D eigenvalue weighted by molar-refractivity contribution is 9.10. The number of halogens is 3. The van der Waals surface area contributed by atoms with Crippen molar-refractivity contribution in [2.24, 2.45) is 16.6 Å². The Morgan fingerprint density at radius 3 is 2.47 bits per heavy atom. The molecule has 5 heteroatoms. The molecular weight excluding hydrogens is 299 g/mol. The monoisotopic (exact) mass is 308 g/mol. The second kappa shape index (κ2) is 5.19. The Balaban J connectivity index is 3.18. The standard InChI is InChI=1S/C10H11BrCl2N2/c1-5(2)10(14)15-7-4-3-6(11)8(12)9(7)13/h3-5H,1-2H3,(H2,14,15). The minimum absolute atomic E-state index is 0.184. The number of nitrogens with zero attached hydrogens (tertiary/aromatic N) is 1. The van der Waals surface area contributed by atoms with Gasteiger partial charge >= 0.3 is 0 Å². The van der Waals surface area contributed by atoms with Crippen molar-refractivity contribution in [3.63, 3.8) is 0 Å². The van der Waals surface area contributed by atoms with Crippen molar-refractivity contribution in [3.05, 3.63) is 26.7 Å². The highest BCUT2D eigenvalue weighted by Gasteiger charge is 2.08. The van der Waals surface area contributed by atoms with Crippen LogP contribution in [0.1, 0.15) is 13.8 Å². The van der Waals surface area contributed by atoms with Gasteiger partial charge in [0.05, 0.1) is 15.7 Å². The van der Waals surface area contributed by atoms with Gasteiger partial charge in [0.1, 0.15) is 5.84 Å². The van der Waals surface area contributed by atoms with Crippen molar-refractivity contribution < 1.29 is 0 Å². The molecule has 1 aromatic carbocycles. The molecule has 1 aromatic rings. The van der Waals surface area contributed by atoms with Crippen LogP contribution < -0.4 is 5.73 Å². The molecule has 2 N–H and O–H groups in total. The minimum Gasteiger partial charge on any atom is -0.387 e. The summed E-state index contributed by atoms with van der Waals surface area (Å²) in [6, 6.07) is 3.56. The molecule has 0 fully saturated rings. The minimum atomic E-state index is 0.184. The maximum Gasteiger partial charge on any atom is 0.102 e. The first-order valence-electron chi connectivity index (χ1n) is 4.41. The number of nitrogens with two attached hydrogens (primary N) is 1. The molecule has 0 aliphatic rings. The lowest BCUT2D eigenvalue weighted by Gasteiger charge is -2.06. The van der Waals surface area contributed by atoms with Gasteiger partial charge in [-0.2, -0.15) is 0 Å². The van der Waals surface area contributed by atoms with Crippen LogP contribution >= 0.6 is 39.1 Å². The van der Waals surface area contributed by atoms with Crippen molar-refractivity contribution in [2.45, 2.75) is 13.8 Å². The Kier molecular flexibility index (Phi) is 4.44. The average Bonchev–Trinajstić information content (AvgIpc) is 2.18. The first-order valence-corrected chi connectivity index (χ1v) is 5.96. The molecule has 0 aliphatic carbocycles. The molecule has 0 saturated heterocycles. The summed E-state index contributed by atoms with van der Waals surface area (Å²) >= 11 is 15.3. The molecule has 15 heavy (non-hydrogen) atoms. The van der Waals surface area contributed by atoms with E-state index in [0.29, 0.717) is 21.6 Å². The van der Waals surface area contributed by atoms with E-state index in [1.807, 2.05) is 13.8 Å².